The summed E-state index contributed by atoms with van der Waals surface area (Å²) < 4.78 is 24.4. The third-order valence-corrected chi connectivity index (χ3v) is 6.29. The molecule has 6 heteroatoms. The number of carbonyl (C=O) groups is 1. The lowest BCUT2D eigenvalue weighted by Crippen LogP contribution is -2.45. The van der Waals surface area contributed by atoms with E-state index in [2.05, 4.69) is 12.2 Å². The van der Waals surface area contributed by atoms with Crippen LogP contribution in [0.4, 0.5) is 0 Å². The molecule has 5 nitrogen and oxygen atoms in total. The van der Waals surface area contributed by atoms with Crippen molar-refractivity contribution in [2.24, 2.45) is 5.92 Å². The summed E-state index contributed by atoms with van der Waals surface area (Å²) in [6.45, 7) is 4.96. The van der Waals surface area contributed by atoms with Gasteiger partial charge in [0, 0.05) is 19.6 Å². The Labute approximate surface area is 115 Å². The number of hydrogen-bond donors (Lipinski definition) is 1. The molecule has 2 rings (SSSR count). The predicted molar refractivity (Wildman–Crippen MR) is 74.7 cm³/mol. The average molecular weight is 288 g/mol. The molecule has 2 heterocycles. The second-order valence-corrected chi connectivity index (χ2v) is 8.12. The highest BCUT2D eigenvalue weighted by Gasteiger charge is 2.31. The molecule has 0 spiro atoms. The number of nitrogens with one attached hydrogen (secondary N) is 1. The van der Waals surface area contributed by atoms with E-state index >= 15 is 0 Å². The molecule has 0 aromatic rings. The number of sulfone groups is 1. The summed E-state index contributed by atoms with van der Waals surface area (Å²) in [6, 6.07) is 0. The molecule has 0 bridgehead atoms. The first-order valence-corrected chi connectivity index (χ1v) is 8.90. The Morgan fingerprint density at radius 3 is 2.53 bits per heavy atom. The lowest BCUT2D eigenvalue weighted by molar-refractivity contribution is -0.129. The topological polar surface area (TPSA) is 66.5 Å². The molecule has 2 saturated heterocycles. The molecule has 0 aromatic heterocycles. The minimum Gasteiger partial charge on any atom is -0.342 e. The Morgan fingerprint density at radius 2 is 1.95 bits per heavy atom. The Bertz CT molecular complexity index is 408. The summed E-state index contributed by atoms with van der Waals surface area (Å²) in [5.74, 6) is 0.119. The van der Waals surface area contributed by atoms with Crippen molar-refractivity contribution in [3.63, 3.8) is 0 Å². The summed E-state index contributed by atoms with van der Waals surface area (Å²) in [7, 11) is -3.30. The molecule has 1 atom stereocenters. The number of likely N-dealkylation sites (tertiary alicyclic amines) is 1. The van der Waals surface area contributed by atoms with Gasteiger partial charge in [-0.15, -0.1) is 0 Å². The van der Waals surface area contributed by atoms with Gasteiger partial charge in [0.05, 0.1) is 5.25 Å². The summed E-state index contributed by atoms with van der Waals surface area (Å²) in [5.41, 5.74) is 0. The second kappa shape index (κ2) is 6.22. The maximum atomic E-state index is 12.2. The molecular weight excluding hydrogens is 264 g/mol. The van der Waals surface area contributed by atoms with Gasteiger partial charge in [-0.1, -0.05) is 6.92 Å². The molecule has 1 unspecified atom stereocenters. The molecule has 19 heavy (non-hydrogen) atoms. The fourth-order valence-electron chi connectivity index (χ4n) is 2.77. The van der Waals surface area contributed by atoms with E-state index in [9.17, 15) is 13.2 Å². The van der Waals surface area contributed by atoms with Crippen molar-refractivity contribution >= 4 is 15.7 Å². The van der Waals surface area contributed by atoms with Crippen LogP contribution < -0.4 is 5.32 Å². The van der Waals surface area contributed by atoms with Crippen molar-refractivity contribution < 1.29 is 13.2 Å². The third-order valence-electron chi connectivity index (χ3n) is 4.22. The van der Waals surface area contributed by atoms with E-state index in [0.29, 0.717) is 32.0 Å². The van der Waals surface area contributed by atoms with Crippen LogP contribution in [0.2, 0.25) is 0 Å². The van der Waals surface area contributed by atoms with Gasteiger partial charge in [0.25, 0.3) is 0 Å². The van der Waals surface area contributed by atoms with Gasteiger partial charge in [-0.3, -0.25) is 4.79 Å². The van der Waals surface area contributed by atoms with Gasteiger partial charge in [0.15, 0.2) is 9.84 Å². The maximum Gasteiger partial charge on any atom is 0.237 e. The predicted octanol–water partition coefficient (Wildman–Crippen LogP) is 0.412. The van der Waals surface area contributed by atoms with Crippen LogP contribution in [0.25, 0.3) is 0 Å². The van der Waals surface area contributed by atoms with Crippen LogP contribution >= 0.6 is 0 Å². The molecule has 110 valence electrons. The number of nitrogens with zero attached hydrogens (tertiary/aromatic N) is 1. The summed E-state index contributed by atoms with van der Waals surface area (Å²) >= 11 is 0. The Kier molecular flexibility index (Phi) is 4.84. The second-order valence-electron chi connectivity index (χ2n) is 5.84. The fourth-order valence-corrected chi connectivity index (χ4v) is 4.43. The van der Waals surface area contributed by atoms with Crippen LogP contribution in [0.1, 0.15) is 32.6 Å². The first-order valence-electron chi connectivity index (χ1n) is 7.19. The highest BCUT2D eigenvalue weighted by atomic mass is 32.2. The zero-order valence-electron chi connectivity index (χ0n) is 11.6. The summed E-state index contributed by atoms with van der Waals surface area (Å²) in [4.78, 5) is 13.8. The molecule has 0 aromatic carbocycles. The molecule has 1 amide bonds. The van der Waals surface area contributed by atoms with Gasteiger partial charge in [-0.2, -0.15) is 0 Å². The quantitative estimate of drug-likeness (QED) is 0.817. The monoisotopic (exact) mass is 288 g/mol. The number of rotatable bonds is 3. The van der Waals surface area contributed by atoms with E-state index < -0.39 is 9.84 Å². The highest BCUT2D eigenvalue weighted by molar-refractivity contribution is 7.92. The standard InChI is InChI=1S/C13H24N2O3S/c1-11-4-7-15(8-5-11)13(16)10-19(17,18)12-3-2-6-14-9-12/h11-12,14H,2-10H2,1H3. The number of carbonyl (C=O) groups excluding carboxylic acids is 1. The van der Waals surface area contributed by atoms with Crippen LogP contribution in [0.5, 0.6) is 0 Å². The number of hydrogen-bond acceptors (Lipinski definition) is 4. The molecular formula is C13H24N2O3S. The first-order chi connectivity index (χ1) is 8.99. The summed E-state index contributed by atoms with van der Waals surface area (Å²) in [5, 5.41) is 2.71. The van der Waals surface area contributed by atoms with E-state index in [1.54, 1.807) is 4.90 Å². The van der Waals surface area contributed by atoms with Crippen LogP contribution in [0.3, 0.4) is 0 Å². The number of amides is 1. The minimum atomic E-state index is -3.30. The van der Waals surface area contributed by atoms with Gasteiger partial charge in [0.2, 0.25) is 5.91 Å². The lowest BCUT2D eigenvalue weighted by atomic mass is 9.99. The maximum absolute atomic E-state index is 12.2. The van der Waals surface area contributed by atoms with Crippen molar-refractivity contribution in [3.8, 4) is 0 Å². The van der Waals surface area contributed by atoms with Crippen molar-refractivity contribution in [2.45, 2.75) is 37.9 Å². The van der Waals surface area contributed by atoms with Crippen molar-refractivity contribution in [1.82, 2.24) is 10.2 Å². The third kappa shape index (κ3) is 3.92. The van der Waals surface area contributed by atoms with Gasteiger partial charge in [-0.25, -0.2) is 8.42 Å². The first kappa shape index (κ1) is 14.8. The Morgan fingerprint density at radius 1 is 1.26 bits per heavy atom. The highest BCUT2D eigenvalue weighted by Crippen LogP contribution is 2.18. The van der Waals surface area contributed by atoms with Crippen LogP contribution in [0.15, 0.2) is 0 Å². The Balaban J connectivity index is 1.90. The Hall–Kier alpha value is -0.620. The molecule has 2 aliphatic rings. The van der Waals surface area contributed by atoms with Gasteiger partial charge < -0.3 is 10.2 Å². The van der Waals surface area contributed by atoms with Crippen LogP contribution in [-0.2, 0) is 14.6 Å². The molecule has 1 N–H and O–H groups in total. The molecule has 2 fully saturated rings. The van der Waals surface area contributed by atoms with Crippen molar-refractivity contribution in [2.75, 3.05) is 31.9 Å². The molecule has 0 aliphatic carbocycles. The largest absolute Gasteiger partial charge is 0.342 e. The molecule has 2 aliphatic heterocycles. The number of piperidine rings is 2. The van der Waals surface area contributed by atoms with E-state index in [1.807, 2.05) is 0 Å². The van der Waals surface area contributed by atoms with E-state index in [1.165, 1.54) is 0 Å². The SMILES string of the molecule is CC1CCN(C(=O)CS(=O)(=O)C2CCCNC2)CC1. The van der Waals surface area contributed by atoms with Crippen LogP contribution in [0, 0.1) is 5.92 Å². The van der Waals surface area contributed by atoms with Crippen LogP contribution in [-0.4, -0.2) is 56.4 Å². The smallest absolute Gasteiger partial charge is 0.237 e. The van der Waals surface area contributed by atoms with Gasteiger partial charge in [-0.05, 0) is 38.1 Å². The van der Waals surface area contributed by atoms with E-state index in [4.69, 9.17) is 0 Å². The summed E-state index contributed by atoms with van der Waals surface area (Å²) in [6.07, 6.45) is 3.52. The van der Waals surface area contributed by atoms with E-state index in [-0.39, 0.29) is 16.9 Å². The average Bonchev–Trinajstić information content (AvgIpc) is 2.40. The van der Waals surface area contributed by atoms with Crippen molar-refractivity contribution in [1.29, 1.82) is 0 Å². The zero-order chi connectivity index (χ0) is 13.9. The minimum absolute atomic E-state index is 0.211. The van der Waals surface area contributed by atoms with Crippen molar-refractivity contribution in [3.05, 3.63) is 0 Å². The lowest BCUT2D eigenvalue weighted by Gasteiger charge is -2.31. The normalized spacial score (nSPS) is 26.4. The van der Waals surface area contributed by atoms with E-state index in [0.717, 1.165) is 25.8 Å². The molecule has 0 saturated carbocycles. The molecule has 0 radical (unpaired) electrons. The zero-order valence-corrected chi connectivity index (χ0v) is 12.4. The fraction of sp³-hybridized carbons (Fsp3) is 0.923. The van der Waals surface area contributed by atoms with Gasteiger partial charge in [0.1, 0.15) is 5.75 Å². The van der Waals surface area contributed by atoms with Gasteiger partial charge >= 0.3 is 0 Å².